The van der Waals surface area contributed by atoms with E-state index in [1.54, 1.807) is 22.9 Å². The highest BCUT2D eigenvalue weighted by atomic mass is 35.5. The van der Waals surface area contributed by atoms with Crippen molar-refractivity contribution in [3.63, 3.8) is 0 Å². The Bertz CT molecular complexity index is 1120. The number of esters is 1. The molecule has 0 aliphatic carbocycles. The summed E-state index contributed by atoms with van der Waals surface area (Å²) in [6.45, 7) is 1.29. The Morgan fingerprint density at radius 2 is 1.93 bits per heavy atom. The van der Waals surface area contributed by atoms with Crippen LogP contribution in [-0.2, 0) is 9.53 Å². The molecular weight excluding hydrogens is 366 g/mol. The van der Waals surface area contributed by atoms with Crippen LogP contribution in [0, 0.1) is 0 Å². The van der Waals surface area contributed by atoms with Crippen molar-refractivity contribution in [2.75, 3.05) is 0 Å². The van der Waals surface area contributed by atoms with Crippen LogP contribution in [0.4, 0.5) is 0 Å². The van der Waals surface area contributed by atoms with E-state index in [1.807, 2.05) is 36.4 Å². The van der Waals surface area contributed by atoms with Gasteiger partial charge >= 0.3 is 5.97 Å². The van der Waals surface area contributed by atoms with Gasteiger partial charge in [-0.1, -0.05) is 41.9 Å². The van der Waals surface area contributed by atoms with Gasteiger partial charge in [-0.3, -0.25) is 14.2 Å². The first-order chi connectivity index (χ1) is 13.0. The Hall–Kier alpha value is -3.25. The quantitative estimate of drug-likeness (QED) is 0.640. The summed E-state index contributed by atoms with van der Waals surface area (Å²) in [5.41, 5.74) is 2.47. The molecule has 1 aromatic heterocycles. The topological polar surface area (TPSA) is 73.5 Å². The normalized spacial score (nSPS) is 15.2. The second-order valence-electron chi connectivity index (χ2n) is 5.96. The van der Waals surface area contributed by atoms with Crippen LogP contribution < -0.4 is 5.56 Å². The van der Waals surface area contributed by atoms with Gasteiger partial charge in [0.05, 0.1) is 11.4 Å². The van der Waals surface area contributed by atoms with Gasteiger partial charge in [0.2, 0.25) is 0 Å². The molecule has 27 heavy (non-hydrogen) atoms. The van der Waals surface area contributed by atoms with Crippen molar-refractivity contribution in [2.45, 2.75) is 13.2 Å². The Morgan fingerprint density at radius 3 is 2.67 bits per heavy atom. The second kappa shape index (κ2) is 6.81. The van der Waals surface area contributed by atoms with Gasteiger partial charge in [-0.05, 0) is 18.2 Å². The van der Waals surface area contributed by atoms with E-state index in [1.165, 1.54) is 13.0 Å². The van der Waals surface area contributed by atoms with E-state index in [9.17, 15) is 9.59 Å². The monoisotopic (exact) mass is 379 g/mol. The number of carbonyl (C=O) groups is 1. The molecule has 0 bridgehead atoms. The lowest BCUT2D eigenvalue weighted by atomic mass is 10.0. The minimum atomic E-state index is -1.06. The average molecular weight is 380 g/mol. The summed E-state index contributed by atoms with van der Waals surface area (Å²) in [7, 11) is 0. The maximum absolute atomic E-state index is 11.9. The van der Waals surface area contributed by atoms with Crippen LogP contribution in [0.3, 0.4) is 0 Å². The van der Waals surface area contributed by atoms with Gasteiger partial charge in [0.25, 0.3) is 11.8 Å². The smallest absolute Gasteiger partial charge is 0.304 e. The van der Waals surface area contributed by atoms with E-state index in [2.05, 4.69) is 9.98 Å². The Balaban J connectivity index is 2.06. The number of benzene rings is 2. The molecule has 4 rings (SSSR count). The maximum atomic E-state index is 11.9. The van der Waals surface area contributed by atoms with Crippen LogP contribution in [0.2, 0.25) is 5.02 Å². The largest absolute Gasteiger partial charge is 0.432 e. The number of halogens is 1. The zero-order valence-electron chi connectivity index (χ0n) is 14.3. The minimum absolute atomic E-state index is 0.229. The van der Waals surface area contributed by atoms with Crippen LogP contribution in [0.5, 0.6) is 0 Å². The predicted octanol–water partition coefficient (Wildman–Crippen LogP) is 3.30. The van der Waals surface area contributed by atoms with Crippen molar-refractivity contribution < 1.29 is 9.53 Å². The molecule has 1 atom stereocenters. The number of carbonyl (C=O) groups excluding carboxylic acids is 1. The summed E-state index contributed by atoms with van der Waals surface area (Å²) < 4.78 is 7.08. The summed E-state index contributed by atoms with van der Waals surface area (Å²) in [4.78, 5) is 32.2. The minimum Gasteiger partial charge on any atom is -0.432 e. The molecular formula is C20H14ClN3O3. The summed E-state index contributed by atoms with van der Waals surface area (Å²) in [5.74, 6) is -0.294. The van der Waals surface area contributed by atoms with E-state index in [-0.39, 0.29) is 5.82 Å². The highest BCUT2D eigenvalue weighted by Gasteiger charge is 2.27. The highest BCUT2D eigenvalue weighted by molar-refractivity contribution is 6.31. The first-order valence-electron chi connectivity index (χ1n) is 8.23. The Labute approximate surface area is 159 Å². The van der Waals surface area contributed by atoms with Gasteiger partial charge in [-0.2, -0.15) is 4.98 Å². The van der Waals surface area contributed by atoms with Crippen molar-refractivity contribution in [1.82, 2.24) is 9.55 Å². The first kappa shape index (κ1) is 17.2. The van der Waals surface area contributed by atoms with E-state index in [0.29, 0.717) is 10.7 Å². The third-order valence-corrected chi connectivity index (χ3v) is 4.34. The molecule has 3 aromatic rings. The predicted molar refractivity (Wildman–Crippen MR) is 101 cm³/mol. The van der Waals surface area contributed by atoms with Gasteiger partial charge in [-0.25, -0.2) is 4.99 Å². The second-order valence-corrected chi connectivity index (χ2v) is 6.40. The lowest BCUT2D eigenvalue weighted by Gasteiger charge is -2.15. The molecule has 134 valence electrons. The summed E-state index contributed by atoms with van der Waals surface area (Å²) in [6, 6.07) is 16.2. The Morgan fingerprint density at radius 1 is 1.15 bits per heavy atom. The van der Waals surface area contributed by atoms with E-state index >= 15 is 0 Å². The number of fused-ring (bicyclic) bond motifs is 3. The van der Waals surface area contributed by atoms with Gasteiger partial charge in [0.1, 0.15) is 0 Å². The van der Waals surface area contributed by atoms with Crippen molar-refractivity contribution in [3.8, 4) is 5.69 Å². The first-order valence-corrected chi connectivity index (χ1v) is 8.61. The van der Waals surface area contributed by atoms with Gasteiger partial charge in [0, 0.05) is 35.3 Å². The fourth-order valence-electron chi connectivity index (χ4n) is 3.01. The van der Waals surface area contributed by atoms with Crippen molar-refractivity contribution in [3.05, 3.63) is 93.1 Å². The number of aromatic nitrogens is 2. The molecule has 1 unspecified atom stereocenters. The fourth-order valence-corrected chi connectivity index (χ4v) is 3.18. The molecule has 0 saturated carbocycles. The number of hydrogen-bond acceptors (Lipinski definition) is 5. The average Bonchev–Trinajstić information content (AvgIpc) is 2.77. The maximum Gasteiger partial charge on any atom is 0.304 e. The number of ether oxygens (including phenoxy) is 1. The molecule has 0 amide bonds. The van der Waals surface area contributed by atoms with Crippen LogP contribution in [0.15, 0.2) is 70.6 Å². The third-order valence-electron chi connectivity index (χ3n) is 4.10. The van der Waals surface area contributed by atoms with Gasteiger partial charge in [-0.15, -0.1) is 0 Å². The molecule has 1 aliphatic heterocycles. The number of hydrogen-bond donors (Lipinski definition) is 0. The standard InChI is InChI=1S/C20H14ClN3O3/c1-12(25)27-20-19-22-17(26)9-10-24(19)16-8-7-14(21)11-15(16)18(23-20)13-5-3-2-4-6-13/h2-11,20H,1H3. The van der Waals surface area contributed by atoms with E-state index in [4.69, 9.17) is 16.3 Å². The molecule has 2 heterocycles. The van der Waals surface area contributed by atoms with E-state index in [0.717, 1.165) is 16.8 Å². The summed E-state index contributed by atoms with van der Waals surface area (Å²) in [6.07, 6.45) is 0.537. The lowest BCUT2D eigenvalue weighted by Crippen LogP contribution is -2.19. The number of rotatable bonds is 2. The molecule has 6 nitrogen and oxygen atoms in total. The van der Waals surface area contributed by atoms with Crippen molar-refractivity contribution >= 4 is 23.3 Å². The van der Waals surface area contributed by atoms with Crippen molar-refractivity contribution in [1.29, 1.82) is 0 Å². The number of aliphatic imine (C=N–C) groups is 1. The fraction of sp³-hybridized carbons (Fsp3) is 0.100. The molecule has 1 aliphatic rings. The third kappa shape index (κ3) is 3.27. The highest BCUT2D eigenvalue weighted by Crippen LogP contribution is 2.31. The van der Waals surface area contributed by atoms with Crippen LogP contribution in [-0.4, -0.2) is 21.2 Å². The molecule has 0 N–H and O–H groups in total. The van der Waals surface area contributed by atoms with Gasteiger partial charge < -0.3 is 4.74 Å². The van der Waals surface area contributed by atoms with Crippen LogP contribution in [0.1, 0.15) is 30.1 Å². The molecule has 0 saturated heterocycles. The number of nitrogens with zero attached hydrogens (tertiary/aromatic N) is 3. The van der Waals surface area contributed by atoms with Crippen LogP contribution >= 0.6 is 11.6 Å². The molecule has 0 radical (unpaired) electrons. The molecule has 0 spiro atoms. The zero-order chi connectivity index (χ0) is 19.0. The van der Waals surface area contributed by atoms with E-state index < -0.39 is 17.8 Å². The Kier molecular flexibility index (Phi) is 4.33. The summed E-state index contributed by atoms with van der Waals surface area (Å²) in [5, 5.41) is 0.541. The van der Waals surface area contributed by atoms with Gasteiger partial charge in [0.15, 0.2) is 5.82 Å². The molecule has 7 heteroatoms. The summed E-state index contributed by atoms with van der Waals surface area (Å²) >= 11 is 6.24. The zero-order valence-corrected chi connectivity index (χ0v) is 15.1. The lowest BCUT2D eigenvalue weighted by molar-refractivity contribution is -0.146. The van der Waals surface area contributed by atoms with Crippen LogP contribution in [0.25, 0.3) is 5.69 Å². The molecule has 0 fully saturated rings. The SMILES string of the molecule is CC(=O)OC1N=C(c2ccccc2)c2cc(Cl)ccc2-n2ccc(=O)nc21. The molecule has 2 aromatic carbocycles. The van der Waals surface area contributed by atoms with Crippen molar-refractivity contribution in [2.24, 2.45) is 4.99 Å².